The molecule has 0 unspecified atom stereocenters. The van der Waals surface area contributed by atoms with Crippen LogP contribution in [0.5, 0.6) is 0 Å². The van der Waals surface area contributed by atoms with Gasteiger partial charge in [-0.1, -0.05) is 12.8 Å². The molecule has 98 valence electrons. The third-order valence-electron chi connectivity index (χ3n) is 3.97. The minimum Gasteiger partial charge on any atom is -0.323 e. The van der Waals surface area contributed by atoms with Crippen LogP contribution < -0.4 is 5.32 Å². The van der Waals surface area contributed by atoms with E-state index in [4.69, 9.17) is 5.26 Å². The van der Waals surface area contributed by atoms with Crippen molar-refractivity contribution >= 4 is 11.9 Å². The first-order chi connectivity index (χ1) is 8.40. The minimum absolute atomic E-state index is 0.0984. The van der Waals surface area contributed by atoms with Crippen LogP contribution in [0.4, 0.5) is 4.79 Å². The van der Waals surface area contributed by atoms with Gasteiger partial charge in [0.15, 0.2) is 0 Å². The first-order valence-corrected chi connectivity index (χ1v) is 6.46. The summed E-state index contributed by atoms with van der Waals surface area (Å²) < 4.78 is 0. The molecule has 5 nitrogen and oxygen atoms in total. The Labute approximate surface area is 107 Å². The van der Waals surface area contributed by atoms with Crippen LogP contribution in [0.2, 0.25) is 0 Å². The van der Waals surface area contributed by atoms with E-state index in [2.05, 4.69) is 11.4 Å². The van der Waals surface area contributed by atoms with Gasteiger partial charge in [0.25, 0.3) is 5.91 Å². The summed E-state index contributed by atoms with van der Waals surface area (Å²) >= 11 is 0. The molecule has 1 aliphatic heterocycles. The number of hydrogen-bond acceptors (Lipinski definition) is 3. The molecule has 1 saturated heterocycles. The molecule has 1 spiro atoms. The normalized spacial score (nSPS) is 22.4. The average Bonchev–Trinajstić information content (AvgIpc) is 2.86. The number of carbonyl (C=O) groups is 2. The summed E-state index contributed by atoms with van der Waals surface area (Å²) in [6.07, 6.45) is 3.98. The lowest BCUT2D eigenvalue weighted by atomic mass is 9.91. The quantitative estimate of drug-likeness (QED) is 0.775. The van der Waals surface area contributed by atoms with Crippen molar-refractivity contribution in [1.82, 2.24) is 10.2 Å². The van der Waals surface area contributed by atoms with Gasteiger partial charge in [0.1, 0.15) is 5.54 Å². The first kappa shape index (κ1) is 12.9. The van der Waals surface area contributed by atoms with E-state index < -0.39 is 11.0 Å². The average molecular weight is 249 g/mol. The summed E-state index contributed by atoms with van der Waals surface area (Å²) in [6.45, 7) is 3.96. The summed E-state index contributed by atoms with van der Waals surface area (Å²) in [5, 5.41) is 11.8. The summed E-state index contributed by atoms with van der Waals surface area (Å²) in [6, 6.07) is 1.89. The van der Waals surface area contributed by atoms with Crippen molar-refractivity contribution in [3.05, 3.63) is 0 Å². The second-order valence-corrected chi connectivity index (χ2v) is 5.92. The van der Waals surface area contributed by atoms with Crippen LogP contribution in [0.15, 0.2) is 0 Å². The number of carbonyl (C=O) groups excluding carboxylic acids is 2. The number of rotatable bonds is 3. The van der Waals surface area contributed by atoms with Gasteiger partial charge in [-0.2, -0.15) is 5.26 Å². The van der Waals surface area contributed by atoms with Gasteiger partial charge in [-0.05, 0) is 33.1 Å². The molecule has 0 aromatic rings. The fourth-order valence-electron chi connectivity index (χ4n) is 2.64. The Bertz CT molecular complexity index is 416. The van der Waals surface area contributed by atoms with Crippen LogP contribution in [0.25, 0.3) is 0 Å². The highest BCUT2D eigenvalue weighted by molar-refractivity contribution is 6.07. The molecule has 0 aromatic heterocycles. The van der Waals surface area contributed by atoms with E-state index in [-0.39, 0.29) is 11.9 Å². The lowest BCUT2D eigenvalue weighted by Crippen LogP contribution is -2.44. The van der Waals surface area contributed by atoms with Crippen molar-refractivity contribution in [3.8, 4) is 6.07 Å². The van der Waals surface area contributed by atoms with Crippen molar-refractivity contribution in [2.45, 2.75) is 51.5 Å². The number of urea groups is 1. The molecule has 1 heterocycles. The van der Waals surface area contributed by atoms with E-state index in [0.29, 0.717) is 13.0 Å². The molecule has 2 rings (SSSR count). The number of imide groups is 1. The maximum absolute atomic E-state index is 12.3. The molecule has 0 atom stereocenters. The van der Waals surface area contributed by atoms with Gasteiger partial charge in [0, 0.05) is 6.54 Å². The molecule has 1 aliphatic carbocycles. The smallest absolute Gasteiger partial charge is 0.323 e. The van der Waals surface area contributed by atoms with Crippen LogP contribution >= 0.6 is 0 Å². The summed E-state index contributed by atoms with van der Waals surface area (Å²) in [4.78, 5) is 25.4. The largest absolute Gasteiger partial charge is 0.325 e. The lowest BCUT2D eigenvalue weighted by Gasteiger charge is -2.22. The number of amides is 3. The highest BCUT2D eigenvalue weighted by Crippen LogP contribution is 2.35. The Hall–Kier alpha value is -1.57. The number of nitrogens with one attached hydrogen (secondary N) is 1. The second kappa shape index (κ2) is 4.27. The molecule has 1 saturated carbocycles. The molecule has 1 N–H and O–H groups in total. The molecule has 0 radical (unpaired) electrons. The zero-order valence-electron chi connectivity index (χ0n) is 11.0. The van der Waals surface area contributed by atoms with E-state index in [1.165, 1.54) is 4.90 Å². The fourth-order valence-corrected chi connectivity index (χ4v) is 2.64. The van der Waals surface area contributed by atoms with Crippen LogP contribution in [0.1, 0.15) is 46.0 Å². The molecule has 0 aromatic carbocycles. The Morgan fingerprint density at radius 3 is 2.56 bits per heavy atom. The molecule has 18 heavy (non-hydrogen) atoms. The molecule has 3 amide bonds. The van der Waals surface area contributed by atoms with Crippen molar-refractivity contribution in [3.63, 3.8) is 0 Å². The highest BCUT2D eigenvalue weighted by Gasteiger charge is 2.52. The Morgan fingerprint density at radius 2 is 2.00 bits per heavy atom. The van der Waals surface area contributed by atoms with Crippen molar-refractivity contribution in [1.29, 1.82) is 5.26 Å². The van der Waals surface area contributed by atoms with E-state index in [0.717, 1.165) is 25.7 Å². The topological polar surface area (TPSA) is 73.2 Å². The molecular weight excluding hydrogens is 230 g/mol. The Kier molecular flexibility index (Phi) is 3.05. The van der Waals surface area contributed by atoms with Gasteiger partial charge in [0.2, 0.25) is 0 Å². The lowest BCUT2D eigenvalue weighted by molar-refractivity contribution is -0.131. The standard InChI is InChI=1S/C13H19N3O2/c1-12(2,9-14)7-8-16-10(17)13(15-11(16)18)5-3-4-6-13/h3-8H2,1-2H3,(H,15,18). The number of hydrogen-bond donors (Lipinski definition) is 1. The maximum Gasteiger partial charge on any atom is 0.325 e. The zero-order valence-corrected chi connectivity index (χ0v) is 11.0. The molecule has 5 heteroatoms. The zero-order chi connectivity index (χ0) is 13.4. The summed E-state index contributed by atoms with van der Waals surface area (Å²) in [5.41, 5.74) is -1.14. The van der Waals surface area contributed by atoms with Crippen LogP contribution in [0, 0.1) is 16.7 Å². The maximum atomic E-state index is 12.3. The number of nitrogens with zero attached hydrogens (tertiary/aromatic N) is 2. The van der Waals surface area contributed by atoms with Crippen molar-refractivity contribution in [2.24, 2.45) is 5.41 Å². The van der Waals surface area contributed by atoms with Crippen LogP contribution in [0.3, 0.4) is 0 Å². The predicted octanol–water partition coefficient (Wildman–Crippen LogP) is 1.79. The predicted molar refractivity (Wildman–Crippen MR) is 65.5 cm³/mol. The van der Waals surface area contributed by atoms with Gasteiger partial charge in [0.05, 0.1) is 11.5 Å². The third-order valence-corrected chi connectivity index (χ3v) is 3.97. The van der Waals surface area contributed by atoms with Gasteiger partial charge in [-0.3, -0.25) is 9.69 Å². The number of nitriles is 1. The monoisotopic (exact) mass is 249 g/mol. The van der Waals surface area contributed by atoms with Crippen molar-refractivity contribution < 1.29 is 9.59 Å². The van der Waals surface area contributed by atoms with Crippen molar-refractivity contribution in [2.75, 3.05) is 6.54 Å². The van der Waals surface area contributed by atoms with Gasteiger partial charge < -0.3 is 5.32 Å². The van der Waals surface area contributed by atoms with Gasteiger partial charge in [-0.25, -0.2) is 4.79 Å². The molecule has 0 bridgehead atoms. The molecule has 2 aliphatic rings. The summed E-state index contributed by atoms with van der Waals surface area (Å²) in [7, 11) is 0. The van der Waals surface area contributed by atoms with Crippen LogP contribution in [-0.2, 0) is 4.79 Å². The van der Waals surface area contributed by atoms with E-state index >= 15 is 0 Å². The van der Waals surface area contributed by atoms with Gasteiger partial charge >= 0.3 is 6.03 Å². The second-order valence-electron chi connectivity index (χ2n) is 5.92. The third kappa shape index (κ3) is 2.07. The highest BCUT2D eigenvalue weighted by atomic mass is 16.2. The Balaban J connectivity index is 2.04. The van der Waals surface area contributed by atoms with E-state index in [1.807, 2.05) is 13.8 Å². The fraction of sp³-hybridized carbons (Fsp3) is 0.769. The molecule has 2 fully saturated rings. The Morgan fingerprint density at radius 1 is 1.39 bits per heavy atom. The molecular formula is C13H19N3O2. The first-order valence-electron chi connectivity index (χ1n) is 6.46. The van der Waals surface area contributed by atoms with E-state index in [9.17, 15) is 9.59 Å². The van der Waals surface area contributed by atoms with Gasteiger partial charge in [-0.15, -0.1) is 0 Å². The minimum atomic E-state index is -0.631. The summed E-state index contributed by atoms with van der Waals surface area (Å²) in [5.74, 6) is -0.0984. The van der Waals surface area contributed by atoms with E-state index in [1.54, 1.807) is 0 Å². The SMILES string of the molecule is CC(C)(C#N)CCN1C(=O)NC2(CCCC2)C1=O. The van der Waals surface area contributed by atoms with Crippen LogP contribution in [-0.4, -0.2) is 28.9 Å².